The topological polar surface area (TPSA) is 29.3 Å². The Labute approximate surface area is 86.7 Å². The molecule has 0 saturated carbocycles. The van der Waals surface area contributed by atoms with Crippen LogP contribution >= 0.6 is 0 Å². The number of benzene rings is 1. The standard InChI is InChI=1S/C12H20N2/c1-10(13)7-8-11-5-4-6-12(9-11)14(2)3/h4-6,9-10H,7-8,13H2,1-3H3/t10-/m0/s1. The maximum atomic E-state index is 5.73. The lowest BCUT2D eigenvalue weighted by molar-refractivity contribution is 0.666. The van der Waals surface area contributed by atoms with Gasteiger partial charge in [-0.2, -0.15) is 0 Å². The van der Waals surface area contributed by atoms with E-state index in [0.29, 0.717) is 0 Å². The summed E-state index contributed by atoms with van der Waals surface area (Å²) in [5, 5.41) is 0. The van der Waals surface area contributed by atoms with Gasteiger partial charge in [0.05, 0.1) is 0 Å². The fraction of sp³-hybridized carbons (Fsp3) is 0.500. The Balaban J connectivity index is 2.64. The maximum absolute atomic E-state index is 5.73. The fourth-order valence-corrected chi connectivity index (χ4v) is 1.38. The van der Waals surface area contributed by atoms with Crippen molar-refractivity contribution in [2.75, 3.05) is 19.0 Å². The first-order valence-electron chi connectivity index (χ1n) is 5.11. The lowest BCUT2D eigenvalue weighted by Gasteiger charge is -2.13. The first-order valence-corrected chi connectivity index (χ1v) is 5.11. The summed E-state index contributed by atoms with van der Waals surface area (Å²) in [4.78, 5) is 2.12. The van der Waals surface area contributed by atoms with E-state index in [-0.39, 0.29) is 6.04 Å². The minimum absolute atomic E-state index is 0.290. The van der Waals surface area contributed by atoms with Crippen LogP contribution in [0.1, 0.15) is 18.9 Å². The third kappa shape index (κ3) is 3.38. The van der Waals surface area contributed by atoms with Gasteiger partial charge >= 0.3 is 0 Å². The van der Waals surface area contributed by atoms with Crippen molar-refractivity contribution < 1.29 is 0 Å². The lowest BCUT2D eigenvalue weighted by Crippen LogP contribution is -2.15. The summed E-state index contributed by atoms with van der Waals surface area (Å²) in [5.41, 5.74) is 8.35. The average Bonchev–Trinajstić information content (AvgIpc) is 2.15. The fourth-order valence-electron chi connectivity index (χ4n) is 1.38. The molecule has 2 N–H and O–H groups in total. The van der Waals surface area contributed by atoms with Crippen molar-refractivity contribution in [1.82, 2.24) is 0 Å². The third-order valence-electron chi connectivity index (χ3n) is 2.32. The second-order valence-electron chi connectivity index (χ2n) is 4.08. The summed E-state index contributed by atoms with van der Waals surface area (Å²) in [6.07, 6.45) is 2.12. The van der Waals surface area contributed by atoms with Crippen LogP contribution < -0.4 is 10.6 Å². The van der Waals surface area contributed by atoms with E-state index in [1.807, 2.05) is 0 Å². The van der Waals surface area contributed by atoms with Crippen LogP contribution in [0, 0.1) is 0 Å². The molecule has 1 aromatic carbocycles. The SMILES string of the molecule is C[C@H](N)CCc1cccc(N(C)C)c1. The van der Waals surface area contributed by atoms with Gasteiger partial charge in [0.2, 0.25) is 0 Å². The molecular formula is C12H20N2. The van der Waals surface area contributed by atoms with Crippen LogP contribution in [-0.2, 0) is 6.42 Å². The number of anilines is 1. The van der Waals surface area contributed by atoms with Gasteiger partial charge in [0.25, 0.3) is 0 Å². The van der Waals surface area contributed by atoms with E-state index in [2.05, 4.69) is 50.2 Å². The number of hydrogen-bond acceptors (Lipinski definition) is 2. The molecule has 0 radical (unpaired) electrons. The summed E-state index contributed by atoms with van der Waals surface area (Å²) in [5.74, 6) is 0. The van der Waals surface area contributed by atoms with Crippen molar-refractivity contribution >= 4 is 5.69 Å². The molecule has 1 rings (SSSR count). The van der Waals surface area contributed by atoms with Crippen LogP contribution in [-0.4, -0.2) is 20.1 Å². The molecule has 0 aliphatic carbocycles. The van der Waals surface area contributed by atoms with E-state index >= 15 is 0 Å². The summed E-state index contributed by atoms with van der Waals surface area (Å²) in [7, 11) is 4.12. The summed E-state index contributed by atoms with van der Waals surface area (Å²) in [6.45, 7) is 2.05. The number of hydrogen-bond donors (Lipinski definition) is 1. The Morgan fingerprint density at radius 1 is 1.36 bits per heavy atom. The van der Waals surface area contributed by atoms with E-state index < -0.39 is 0 Å². The summed E-state index contributed by atoms with van der Waals surface area (Å²) >= 11 is 0. The first-order chi connectivity index (χ1) is 6.59. The highest BCUT2D eigenvalue weighted by atomic mass is 15.1. The zero-order valence-corrected chi connectivity index (χ0v) is 9.33. The van der Waals surface area contributed by atoms with Crippen molar-refractivity contribution in [3.8, 4) is 0 Å². The Kier molecular flexibility index (Phi) is 3.96. The third-order valence-corrected chi connectivity index (χ3v) is 2.32. The van der Waals surface area contributed by atoms with E-state index in [1.165, 1.54) is 11.3 Å². The minimum Gasteiger partial charge on any atom is -0.378 e. The molecule has 0 aromatic heterocycles. The zero-order chi connectivity index (χ0) is 10.6. The highest BCUT2D eigenvalue weighted by Gasteiger charge is 1.99. The first kappa shape index (κ1) is 11.1. The quantitative estimate of drug-likeness (QED) is 0.791. The van der Waals surface area contributed by atoms with Gasteiger partial charge < -0.3 is 10.6 Å². The molecule has 0 spiro atoms. The summed E-state index contributed by atoms with van der Waals surface area (Å²) < 4.78 is 0. The molecule has 0 aliphatic heterocycles. The smallest absolute Gasteiger partial charge is 0.0363 e. The molecule has 0 saturated heterocycles. The molecule has 0 amide bonds. The molecule has 1 atom stereocenters. The van der Waals surface area contributed by atoms with Gasteiger partial charge in [-0.15, -0.1) is 0 Å². The van der Waals surface area contributed by atoms with Crippen molar-refractivity contribution in [3.05, 3.63) is 29.8 Å². The number of nitrogens with two attached hydrogens (primary N) is 1. The van der Waals surface area contributed by atoms with Crippen LogP contribution in [0.15, 0.2) is 24.3 Å². The Morgan fingerprint density at radius 3 is 2.64 bits per heavy atom. The second-order valence-corrected chi connectivity index (χ2v) is 4.08. The average molecular weight is 192 g/mol. The van der Waals surface area contributed by atoms with Gasteiger partial charge in [0.15, 0.2) is 0 Å². The van der Waals surface area contributed by atoms with Crippen LogP contribution in [0.5, 0.6) is 0 Å². The maximum Gasteiger partial charge on any atom is 0.0363 e. The van der Waals surface area contributed by atoms with E-state index in [4.69, 9.17) is 5.73 Å². The second kappa shape index (κ2) is 5.01. The number of nitrogens with zero attached hydrogens (tertiary/aromatic N) is 1. The van der Waals surface area contributed by atoms with Crippen molar-refractivity contribution in [2.24, 2.45) is 5.73 Å². The van der Waals surface area contributed by atoms with Crippen LogP contribution in [0.2, 0.25) is 0 Å². The van der Waals surface area contributed by atoms with Gasteiger partial charge in [-0.05, 0) is 37.5 Å². The van der Waals surface area contributed by atoms with Gasteiger partial charge in [-0.3, -0.25) is 0 Å². The molecule has 2 nitrogen and oxygen atoms in total. The Hall–Kier alpha value is -1.02. The van der Waals surface area contributed by atoms with Crippen LogP contribution in [0.3, 0.4) is 0 Å². The Bertz CT molecular complexity index is 279. The molecule has 2 heteroatoms. The molecule has 0 unspecified atom stereocenters. The zero-order valence-electron chi connectivity index (χ0n) is 9.33. The monoisotopic (exact) mass is 192 g/mol. The van der Waals surface area contributed by atoms with Gasteiger partial charge in [0.1, 0.15) is 0 Å². The lowest BCUT2D eigenvalue weighted by atomic mass is 10.1. The van der Waals surface area contributed by atoms with E-state index in [9.17, 15) is 0 Å². The van der Waals surface area contributed by atoms with Crippen molar-refractivity contribution in [3.63, 3.8) is 0 Å². The van der Waals surface area contributed by atoms with Crippen LogP contribution in [0.25, 0.3) is 0 Å². The summed E-state index contributed by atoms with van der Waals surface area (Å²) in [6, 6.07) is 8.90. The minimum atomic E-state index is 0.290. The van der Waals surface area contributed by atoms with E-state index in [0.717, 1.165) is 12.8 Å². The van der Waals surface area contributed by atoms with Gasteiger partial charge in [-0.25, -0.2) is 0 Å². The molecule has 78 valence electrons. The predicted octanol–water partition coefficient (Wildman–Crippen LogP) is 2.03. The molecule has 0 bridgehead atoms. The highest BCUT2D eigenvalue weighted by molar-refractivity contribution is 5.47. The van der Waals surface area contributed by atoms with E-state index in [1.54, 1.807) is 0 Å². The molecular weight excluding hydrogens is 172 g/mol. The van der Waals surface area contributed by atoms with Crippen molar-refractivity contribution in [1.29, 1.82) is 0 Å². The number of rotatable bonds is 4. The predicted molar refractivity (Wildman–Crippen MR) is 62.7 cm³/mol. The molecule has 0 heterocycles. The molecule has 1 aromatic rings. The molecule has 0 fully saturated rings. The molecule has 14 heavy (non-hydrogen) atoms. The highest BCUT2D eigenvalue weighted by Crippen LogP contribution is 2.14. The van der Waals surface area contributed by atoms with Crippen molar-refractivity contribution in [2.45, 2.75) is 25.8 Å². The Morgan fingerprint density at radius 2 is 2.07 bits per heavy atom. The van der Waals surface area contributed by atoms with Gasteiger partial charge in [0, 0.05) is 25.8 Å². The molecule has 0 aliphatic rings. The largest absolute Gasteiger partial charge is 0.378 e. The normalized spacial score (nSPS) is 12.6. The van der Waals surface area contributed by atoms with Gasteiger partial charge in [-0.1, -0.05) is 12.1 Å². The van der Waals surface area contributed by atoms with Crippen LogP contribution in [0.4, 0.5) is 5.69 Å². The number of aryl methyl sites for hydroxylation is 1.